The number of carbonyl (C=O) groups is 2. The van der Waals surface area contributed by atoms with Gasteiger partial charge >= 0.3 is 0 Å². The van der Waals surface area contributed by atoms with Crippen LogP contribution in [-0.2, 0) is 25.8 Å². The minimum Gasteiger partial charge on any atom is -0.482 e. The first-order valence-electron chi connectivity index (χ1n) is 18.7. The highest BCUT2D eigenvalue weighted by Gasteiger charge is 2.51. The molecule has 17 nitrogen and oxygen atoms in total. The molecule has 1 saturated heterocycles. The number of hydrogen-bond donors (Lipinski definition) is 7. The van der Waals surface area contributed by atoms with Gasteiger partial charge in [0.15, 0.2) is 16.8 Å². The van der Waals surface area contributed by atoms with Crippen LogP contribution in [-0.4, -0.2) is 122 Å². The van der Waals surface area contributed by atoms with Crippen molar-refractivity contribution in [2.45, 2.75) is 81.2 Å². The van der Waals surface area contributed by atoms with Gasteiger partial charge in [0.2, 0.25) is 11.8 Å². The Morgan fingerprint density at radius 1 is 1.18 bits per heavy atom. The summed E-state index contributed by atoms with van der Waals surface area (Å²) in [6.07, 6.45) is 4.86. The molecule has 0 radical (unpaired) electrons. The van der Waals surface area contributed by atoms with Crippen LogP contribution < -0.4 is 25.7 Å². The van der Waals surface area contributed by atoms with Gasteiger partial charge in [0, 0.05) is 60.8 Å². The average Bonchev–Trinajstić information content (AvgIpc) is 4.00. The Hall–Kier alpha value is -4.88. The van der Waals surface area contributed by atoms with Crippen molar-refractivity contribution in [2.24, 2.45) is 10.9 Å². The van der Waals surface area contributed by atoms with E-state index in [9.17, 15) is 39.9 Å². The fourth-order valence-electron chi connectivity index (χ4n) is 8.31. The van der Waals surface area contributed by atoms with E-state index in [0.29, 0.717) is 71.8 Å². The predicted octanol–water partition coefficient (Wildman–Crippen LogP) is -0.282. The number of aliphatic hydroxyl groups excluding tert-OH is 4. The summed E-state index contributed by atoms with van der Waals surface area (Å²) >= 11 is 0. The van der Waals surface area contributed by atoms with E-state index in [1.807, 2.05) is 24.1 Å². The lowest BCUT2D eigenvalue weighted by Gasteiger charge is -2.44. The number of nitrogens with zero attached hydrogens (tertiary/aromatic N) is 3. The van der Waals surface area contributed by atoms with Crippen molar-refractivity contribution in [1.29, 1.82) is 0 Å². The number of aliphatic hydroxyl groups is 5. The molecule has 8 unspecified atom stereocenters. The van der Waals surface area contributed by atoms with Crippen molar-refractivity contribution in [3.8, 4) is 5.75 Å². The van der Waals surface area contributed by atoms with Gasteiger partial charge in [-0.15, -0.1) is 0 Å². The van der Waals surface area contributed by atoms with E-state index < -0.39 is 67.3 Å². The van der Waals surface area contributed by atoms with Gasteiger partial charge in [0.25, 0.3) is 0 Å². The van der Waals surface area contributed by atoms with Crippen LogP contribution in [0.4, 0.5) is 5.69 Å². The first kappa shape index (κ1) is 38.0. The molecule has 17 heteroatoms. The second-order valence-corrected chi connectivity index (χ2v) is 15.5. The molecule has 2 amide bonds. The SMILES string of the molecule is Cc1cc(=O)c2cc3c(c(N4C=C5C=CN=C5C4)c2o1)OC(C)(CCC1CNC(=O)C1)C(OOCC(O)C(O)(CN1C(=O)C=C2NC=CC21)C(O)C(O)CO)C3. The van der Waals surface area contributed by atoms with Crippen LogP contribution in [0.1, 0.15) is 37.5 Å². The molecule has 1 aromatic carbocycles. The third-order valence-electron chi connectivity index (χ3n) is 11.6. The number of hydrogen-bond acceptors (Lipinski definition) is 15. The number of anilines is 1. The van der Waals surface area contributed by atoms with Gasteiger partial charge in [-0.3, -0.25) is 19.4 Å². The number of aryl methyl sites for hydroxylation is 1. The van der Waals surface area contributed by atoms with Crippen molar-refractivity contribution in [1.82, 2.24) is 15.5 Å². The molecule has 6 aliphatic heterocycles. The number of benzene rings is 1. The van der Waals surface area contributed by atoms with Gasteiger partial charge in [-0.05, 0) is 57.0 Å². The number of rotatable bonds is 14. The average molecular weight is 776 g/mol. The summed E-state index contributed by atoms with van der Waals surface area (Å²) in [5, 5.41) is 60.4. The quantitative estimate of drug-likeness (QED) is 0.0966. The van der Waals surface area contributed by atoms with E-state index in [1.54, 1.807) is 31.5 Å². The van der Waals surface area contributed by atoms with Gasteiger partial charge in [-0.25, -0.2) is 9.78 Å². The van der Waals surface area contributed by atoms with E-state index >= 15 is 0 Å². The monoisotopic (exact) mass is 775 g/mol. The lowest BCUT2D eigenvalue weighted by Crippen LogP contribution is -2.65. The van der Waals surface area contributed by atoms with E-state index in [-0.39, 0.29) is 23.7 Å². The van der Waals surface area contributed by atoms with E-state index in [4.69, 9.17) is 18.9 Å². The zero-order valence-electron chi connectivity index (χ0n) is 30.9. The highest BCUT2D eigenvalue weighted by atomic mass is 17.2. The van der Waals surface area contributed by atoms with Gasteiger partial charge in [-0.1, -0.05) is 0 Å². The fraction of sp³-hybridized carbons (Fsp3) is 0.487. The summed E-state index contributed by atoms with van der Waals surface area (Å²) < 4.78 is 13.2. The number of carbonyl (C=O) groups excluding carboxylic acids is 2. The second kappa shape index (κ2) is 14.6. The van der Waals surface area contributed by atoms with Crippen molar-refractivity contribution in [3.63, 3.8) is 0 Å². The first-order chi connectivity index (χ1) is 26.8. The maximum Gasteiger partial charge on any atom is 0.249 e. The first-order valence-corrected chi connectivity index (χ1v) is 18.7. The molecule has 0 aliphatic carbocycles. The third kappa shape index (κ3) is 6.72. The standard InChI is InChI=1S/C39H45N5O12/c1-20-9-28(46)24-11-23-12-31(56-53-18-30(48)39(52,37(51)29(47)17-45)19-44-27-5-8-40-25(27)13-33(44)50)38(2,6-3-21-10-32(49)42-14-21)55-35(23)34(36(24)54-20)43-15-22-4-7-41-26(22)16-43/h4-5,7-9,11,13,15,21,27,29-31,37,40,45,47-48,51-52H,3,6,10,12,14,16-19H2,1-2H3,(H,42,49). The smallest absolute Gasteiger partial charge is 0.249 e. The number of amides is 2. The summed E-state index contributed by atoms with van der Waals surface area (Å²) in [6, 6.07) is 2.52. The van der Waals surface area contributed by atoms with Gasteiger partial charge in [-0.2, -0.15) is 0 Å². The molecule has 2 aromatic rings. The van der Waals surface area contributed by atoms with Gasteiger partial charge < -0.3 is 55.1 Å². The molecule has 7 N–H and O–H groups in total. The van der Waals surface area contributed by atoms with Crippen LogP contribution in [0.5, 0.6) is 5.75 Å². The Labute approximate surface area is 320 Å². The molecule has 0 bridgehead atoms. The number of aliphatic imine (C=N–C) groups is 1. The van der Waals surface area contributed by atoms with Crippen molar-refractivity contribution >= 4 is 34.2 Å². The predicted molar refractivity (Wildman–Crippen MR) is 199 cm³/mol. The minimum atomic E-state index is -2.59. The van der Waals surface area contributed by atoms with E-state index in [2.05, 4.69) is 15.6 Å². The number of fused-ring (bicyclic) bond motifs is 4. The zero-order chi connectivity index (χ0) is 39.5. The second-order valence-electron chi connectivity index (χ2n) is 15.5. The molecule has 1 fully saturated rings. The highest BCUT2D eigenvalue weighted by molar-refractivity contribution is 6.12. The highest BCUT2D eigenvalue weighted by Crippen LogP contribution is 2.48. The summed E-state index contributed by atoms with van der Waals surface area (Å²) in [6.45, 7) is 2.16. The third-order valence-corrected chi connectivity index (χ3v) is 11.6. The van der Waals surface area contributed by atoms with Gasteiger partial charge in [0.1, 0.15) is 53.7 Å². The van der Waals surface area contributed by atoms with Crippen molar-refractivity contribution in [3.05, 3.63) is 81.8 Å². The van der Waals surface area contributed by atoms with Crippen LogP contribution in [0.2, 0.25) is 0 Å². The topological polar surface area (TPSA) is 236 Å². The Balaban J connectivity index is 1.09. The molecule has 8 rings (SSSR count). The molecule has 0 spiro atoms. The summed E-state index contributed by atoms with van der Waals surface area (Å²) in [5.41, 5.74) is -0.111. The lowest BCUT2D eigenvalue weighted by atomic mass is 9.83. The maximum absolute atomic E-state index is 13.4. The summed E-state index contributed by atoms with van der Waals surface area (Å²) in [7, 11) is 0. The van der Waals surface area contributed by atoms with E-state index in [0.717, 1.165) is 11.3 Å². The molecular formula is C39H45N5O12. The fourth-order valence-corrected chi connectivity index (χ4v) is 8.31. The Bertz CT molecular complexity index is 2160. The molecule has 7 heterocycles. The van der Waals surface area contributed by atoms with Crippen molar-refractivity contribution in [2.75, 3.05) is 37.7 Å². The summed E-state index contributed by atoms with van der Waals surface area (Å²) in [4.78, 5) is 57.6. The van der Waals surface area contributed by atoms with Crippen molar-refractivity contribution < 1.29 is 54.1 Å². The number of β-amino-alcohol motifs (C(OH)–C–C–N with tert-alkyl or cyclic N) is 1. The molecule has 6 aliphatic rings. The number of ether oxygens (including phenoxy) is 1. The Kier molecular flexibility index (Phi) is 9.89. The molecule has 0 saturated carbocycles. The number of allylic oxidation sites excluding steroid dienone is 1. The molecule has 298 valence electrons. The van der Waals surface area contributed by atoms with Gasteiger partial charge in [0.05, 0.1) is 36.8 Å². The van der Waals surface area contributed by atoms with Crippen LogP contribution in [0, 0.1) is 12.8 Å². The Morgan fingerprint density at radius 2 is 2.00 bits per heavy atom. The minimum absolute atomic E-state index is 0.0345. The van der Waals surface area contributed by atoms with E-state index in [1.165, 1.54) is 17.0 Å². The van der Waals surface area contributed by atoms with Crippen LogP contribution in [0.25, 0.3) is 11.0 Å². The zero-order valence-corrected chi connectivity index (χ0v) is 30.9. The molecular weight excluding hydrogens is 730 g/mol. The van der Waals surface area contributed by atoms with Crippen LogP contribution in [0.15, 0.2) is 74.4 Å². The largest absolute Gasteiger partial charge is 0.482 e. The normalized spacial score (nSPS) is 27.6. The molecule has 56 heavy (non-hydrogen) atoms. The van der Waals surface area contributed by atoms with Crippen LogP contribution >= 0.6 is 0 Å². The number of nitrogens with one attached hydrogen (secondary N) is 2. The van der Waals surface area contributed by atoms with Crippen LogP contribution in [0.3, 0.4) is 0 Å². The Morgan fingerprint density at radius 3 is 2.75 bits per heavy atom. The summed E-state index contributed by atoms with van der Waals surface area (Å²) in [5.74, 6) is 0.409. The molecule has 8 atom stereocenters. The maximum atomic E-state index is 13.4. The lowest BCUT2D eigenvalue weighted by molar-refractivity contribution is -0.365. The molecule has 1 aromatic heterocycles.